The number of hydrogen-bond donors (Lipinski definition) is 0. The second-order valence-electron chi connectivity index (χ2n) is 8.97. The van der Waals surface area contributed by atoms with Gasteiger partial charge in [-0.2, -0.15) is 13.2 Å². The van der Waals surface area contributed by atoms with Crippen molar-refractivity contribution in [1.29, 1.82) is 0 Å². The summed E-state index contributed by atoms with van der Waals surface area (Å²) in [6.45, 7) is 3.76. The van der Waals surface area contributed by atoms with Gasteiger partial charge < -0.3 is 0 Å². The van der Waals surface area contributed by atoms with Crippen molar-refractivity contribution in [2.45, 2.75) is 45.2 Å². The molecule has 1 unspecified atom stereocenters. The van der Waals surface area contributed by atoms with Crippen molar-refractivity contribution in [3.8, 4) is 0 Å². The van der Waals surface area contributed by atoms with Gasteiger partial charge in [0, 0.05) is 46.3 Å². The van der Waals surface area contributed by atoms with E-state index in [4.69, 9.17) is 11.6 Å². The third-order valence-electron chi connectivity index (χ3n) is 5.94. The van der Waals surface area contributed by atoms with Crippen LogP contribution in [-0.2, 0) is 15.8 Å². The van der Waals surface area contributed by atoms with Crippen LogP contribution in [-0.4, -0.2) is 11.7 Å². The van der Waals surface area contributed by atoms with Gasteiger partial charge in [-0.15, -0.1) is 0 Å². The molecule has 0 saturated carbocycles. The SMILES string of the molecule is CC1(C)CC(=O)C2=C(C1)N(c1ccc(C(F)(F)F)cc1)C(=O)CC2c1c(F)cccc1Cl. The summed E-state index contributed by atoms with van der Waals surface area (Å²) in [5.41, 5.74) is -0.283. The highest BCUT2D eigenvalue weighted by molar-refractivity contribution is 6.31. The van der Waals surface area contributed by atoms with E-state index in [1.165, 1.54) is 35.2 Å². The average molecular weight is 466 g/mol. The van der Waals surface area contributed by atoms with Gasteiger partial charge in [0.2, 0.25) is 5.91 Å². The smallest absolute Gasteiger partial charge is 0.294 e. The highest BCUT2D eigenvalue weighted by Crippen LogP contribution is 2.49. The van der Waals surface area contributed by atoms with E-state index in [0.717, 1.165) is 12.1 Å². The number of halogens is 5. The van der Waals surface area contributed by atoms with Crippen LogP contribution in [0.3, 0.4) is 0 Å². The van der Waals surface area contributed by atoms with Crippen molar-refractivity contribution in [3.63, 3.8) is 0 Å². The zero-order chi connectivity index (χ0) is 23.4. The Balaban J connectivity index is 1.89. The summed E-state index contributed by atoms with van der Waals surface area (Å²) in [6.07, 6.45) is -4.18. The molecule has 1 aliphatic heterocycles. The molecule has 168 valence electrons. The molecule has 1 heterocycles. The van der Waals surface area contributed by atoms with Crippen molar-refractivity contribution in [3.05, 3.63) is 75.7 Å². The van der Waals surface area contributed by atoms with E-state index in [1.807, 2.05) is 13.8 Å². The van der Waals surface area contributed by atoms with Gasteiger partial charge in [0.25, 0.3) is 0 Å². The first-order valence-electron chi connectivity index (χ1n) is 10.1. The molecule has 0 spiro atoms. The Hall–Kier alpha value is -2.67. The summed E-state index contributed by atoms with van der Waals surface area (Å²) in [6, 6.07) is 8.41. The maximum atomic E-state index is 14.7. The molecule has 32 heavy (non-hydrogen) atoms. The van der Waals surface area contributed by atoms with Crippen LogP contribution in [0.5, 0.6) is 0 Å². The van der Waals surface area contributed by atoms with Gasteiger partial charge in [-0.25, -0.2) is 4.39 Å². The van der Waals surface area contributed by atoms with Gasteiger partial charge in [0.1, 0.15) is 5.82 Å². The third-order valence-corrected chi connectivity index (χ3v) is 6.27. The molecule has 4 rings (SSSR count). The fourth-order valence-electron chi connectivity index (χ4n) is 4.60. The number of ketones is 1. The Morgan fingerprint density at radius 1 is 1.03 bits per heavy atom. The van der Waals surface area contributed by atoms with Crippen molar-refractivity contribution in [1.82, 2.24) is 0 Å². The molecule has 8 heteroatoms. The summed E-state index contributed by atoms with van der Waals surface area (Å²) in [5.74, 6) is -2.11. The Morgan fingerprint density at radius 3 is 2.28 bits per heavy atom. The van der Waals surface area contributed by atoms with E-state index < -0.39 is 34.8 Å². The normalized spacial score (nSPS) is 21.1. The van der Waals surface area contributed by atoms with Gasteiger partial charge in [0.15, 0.2) is 5.78 Å². The molecule has 1 atom stereocenters. The Morgan fingerprint density at radius 2 is 1.69 bits per heavy atom. The lowest BCUT2D eigenvalue weighted by Gasteiger charge is -2.43. The van der Waals surface area contributed by atoms with Crippen molar-refractivity contribution >= 4 is 29.0 Å². The average Bonchev–Trinajstić information content (AvgIpc) is 2.66. The standard InChI is InChI=1S/C24H20ClF4NO2/c1-23(2)11-18-22(19(31)12-23)15(21-16(25)4-3-5-17(21)26)10-20(32)30(18)14-8-6-13(7-9-14)24(27,28)29/h3-9,15H,10-12H2,1-2H3. The number of hydrogen-bond acceptors (Lipinski definition) is 2. The maximum Gasteiger partial charge on any atom is 0.416 e. The van der Waals surface area contributed by atoms with Crippen LogP contribution < -0.4 is 4.90 Å². The highest BCUT2D eigenvalue weighted by Gasteiger charge is 2.45. The monoisotopic (exact) mass is 465 g/mol. The van der Waals surface area contributed by atoms with Crippen LogP contribution in [0, 0.1) is 11.2 Å². The molecule has 2 aliphatic rings. The molecular formula is C24H20ClF4NO2. The number of benzene rings is 2. The molecule has 0 aromatic heterocycles. The van der Waals surface area contributed by atoms with Crippen LogP contribution in [0.2, 0.25) is 5.02 Å². The number of rotatable bonds is 2. The van der Waals surface area contributed by atoms with Gasteiger partial charge in [-0.3, -0.25) is 14.5 Å². The van der Waals surface area contributed by atoms with Gasteiger partial charge >= 0.3 is 6.18 Å². The van der Waals surface area contributed by atoms with E-state index in [9.17, 15) is 27.2 Å². The molecule has 1 amide bonds. The summed E-state index contributed by atoms with van der Waals surface area (Å²) >= 11 is 6.25. The molecule has 0 bridgehead atoms. The Labute approximate surface area is 187 Å². The number of carbonyl (C=O) groups excluding carboxylic acids is 2. The van der Waals surface area contributed by atoms with Crippen LogP contribution in [0.4, 0.5) is 23.2 Å². The van der Waals surface area contributed by atoms with E-state index in [1.54, 1.807) is 0 Å². The van der Waals surface area contributed by atoms with Crippen LogP contribution >= 0.6 is 11.6 Å². The molecule has 0 radical (unpaired) electrons. The molecule has 3 nitrogen and oxygen atoms in total. The van der Waals surface area contributed by atoms with Crippen molar-refractivity contribution in [2.75, 3.05) is 4.90 Å². The second kappa shape index (κ2) is 7.73. The van der Waals surface area contributed by atoms with E-state index >= 15 is 0 Å². The zero-order valence-electron chi connectivity index (χ0n) is 17.4. The highest BCUT2D eigenvalue weighted by atomic mass is 35.5. The van der Waals surface area contributed by atoms with Crippen LogP contribution in [0.1, 0.15) is 50.2 Å². The lowest BCUT2D eigenvalue weighted by molar-refractivity contribution is -0.137. The molecule has 0 N–H and O–H groups in total. The zero-order valence-corrected chi connectivity index (χ0v) is 18.1. The number of alkyl halides is 3. The number of nitrogens with zero attached hydrogens (tertiary/aromatic N) is 1. The summed E-state index contributed by atoms with van der Waals surface area (Å²) < 4.78 is 53.7. The van der Waals surface area contributed by atoms with Gasteiger partial charge in [0.05, 0.1) is 5.56 Å². The molecule has 0 saturated heterocycles. The topological polar surface area (TPSA) is 37.4 Å². The fourth-order valence-corrected chi connectivity index (χ4v) is 4.90. The molecule has 0 fully saturated rings. The minimum atomic E-state index is -4.51. The van der Waals surface area contributed by atoms with Crippen LogP contribution in [0.15, 0.2) is 53.7 Å². The molecular weight excluding hydrogens is 446 g/mol. The first-order chi connectivity index (χ1) is 14.9. The largest absolute Gasteiger partial charge is 0.416 e. The number of allylic oxidation sites excluding steroid dienone is 2. The van der Waals surface area contributed by atoms with E-state index in [2.05, 4.69) is 0 Å². The Kier molecular flexibility index (Phi) is 5.44. The minimum absolute atomic E-state index is 0.0927. The molecule has 1 aliphatic carbocycles. The Bertz CT molecular complexity index is 1120. The number of Topliss-reactive ketones (excluding diaryl/α,β-unsaturated/α-hetero) is 1. The first-order valence-corrected chi connectivity index (χ1v) is 10.5. The third kappa shape index (κ3) is 3.94. The van der Waals surface area contributed by atoms with E-state index in [-0.39, 0.29) is 34.9 Å². The summed E-state index contributed by atoms with van der Waals surface area (Å²) in [4.78, 5) is 27.8. The van der Waals surface area contributed by atoms with Crippen LogP contribution in [0.25, 0.3) is 0 Å². The quantitative estimate of drug-likeness (QED) is 0.465. The van der Waals surface area contributed by atoms with Gasteiger partial charge in [-0.05, 0) is 48.2 Å². The number of anilines is 1. The van der Waals surface area contributed by atoms with Crippen molar-refractivity contribution < 1.29 is 27.2 Å². The molecule has 2 aromatic rings. The lowest BCUT2D eigenvalue weighted by atomic mass is 9.69. The maximum absolute atomic E-state index is 14.7. The first kappa shape index (κ1) is 22.5. The fraction of sp³-hybridized carbons (Fsp3) is 0.333. The lowest BCUT2D eigenvalue weighted by Crippen LogP contribution is -2.44. The predicted octanol–water partition coefficient (Wildman–Crippen LogP) is 6.66. The van der Waals surface area contributed by atoms with Gasteiger partial charge in [-0.1, -0.05) is 31.5 Å². The number of amides is 1. The van der Waals surface area contributed by atoms with Crippen molar-refractivity contribution in [2.24, 2.45) is 5.41 Å². The summed E-state index contributed by atoms with van der Waals surface area (Å²) in [7, 11) is 0. The second-order valence-corrected chi connectivity index (χ2v) is 9.37. The summed E-state index contributed by atoms with van der Waals surface area (Å²) in [5, 5.41) is 0.121. The number of carbonyl (C=O) groups is 2. The minimum Gasteiger partial charge on any atom is -0.294 e. The predicted molar refractivity (Wildman–Crippen MR) is 113 cm³/mol. The van der Waals surface area contributed by atoms with E-state index in [0.29, 0.717) is 17.7 Å². The molecule has 2 aromatic carbocycles.